The third-order valence-corrected chi connectivity index (χ3v) is 2.99. The van der Waals surface area contributed by atoms with Crippen LogP contribution in [0, 0.1) is 3.95 Å². The van der Waals surface area contributed by atoms with Crippen LogP contribution in [0.4, 0.5) is 10.8 Å². The van der Waals surface area contributed by atoms with Gasteiger partial charge in [0.1, 0.15) is 0 Å². The lowest BCUT2D eigenvalue weighted by molar-refractivity contribution is 1.08. The maximum absolute atomic E-state index is 5.85. The van der Waals surface area contributed by atoms with Crippen LogP contribution in [-0.4, -0.2) is 10.2 Å². The van der Waals surface area contributed by atoms with Gasteiger partial charge in [0.05, 0.1) is 0 Å². The second-order valence-corrected chi connectivity index (χ2v) is 5.24. The number of hydrogen-bond donors (Lipinski definition) is 2. The highest BCUT2D eigenvalue weighted by Crippen LogP contribution is 2.25. The highest BCUT2D eigenvalue weighted by atomic mass is 35.5. The molecule has 0 radical (unpaired) electrons. The third kappa shape index (κ3) is 2.92. The number of nitrogens with zero attached hydrogens (tertiary/aromatic N) is 1. The number of aromatic nitrogens is 2. The average Bonchev–Trinajstić information content (AvgIpc) is 2.49. The average molecular weight is 278 g/mol. The van der Waals surface area contributed by atoms with Crippen molar-refractivity contribution in [1.82, 2.24) is 10.2 Å². The van der Waals surface area contributed by atoms with E-state index < -0.39 is 0 Å². The van der Waals surface area contributed by atoms with E-state index in [1.807, 2.05) is 0 Å². The topological polar surface area (TPSA) is 40.7 Å². The second-order valence-electron chi connectivity index (χ2n) is 2.70. The zero-order valence-electron chi connectivity index (χ0n) is 7.25. The van der Waals surface area contributed by atoms with Crippen LogP contribution >= 0.6 is 46.8 Å². The van der Waals surface area contributed by atoms with Crippen molar-refractivity contribution in [2.75, 3.05) is 5.32 Å². The summed E-state index contributed by atoms with van der Waals surface area (Å²) in [6.07, 6.45) is 0. The van der Waals surface area contributed by atoms with Gasteiger partial charge < -0.3 is 5.32 Å². The number of halogens is 2. The summed E-state index contributed by atoms with van der Waals surface area (Å²) in [6, 6.07) is 5.19. The Morgan fingerprint density at radius 2 is 1.93 bits per heavy atom. The van der Waals surface area contributed by atoms with Crippen molar-refractivity contribution in [1.29, 1.82) is 0 Å². The predicted molar refractivity (Wildman–Crippen MR) is 67.0 cm³/mol. The summed E-state index contributed by atoms with van der Waals surface area (Å²) in [7, 11) is 0. The van der Waals surface area contributed by atoms with Crippen LogP contribution in [0.2, 0.25) is 10.0 Å². The molecule has 2 N–H and O–H groups in total. The first-order valence-corrected chi connectivity index (χ1v) is 5.90. The molecular formula is C8H5Cl2N3S2. The van der Waals surface area contributed by atoms with E-state index >= 15 is 0 Å². The Labute approximate surface area is 105 Å². The van der Waals surface area contributed by atoms with E-state index in [-0.39, 0.29) is 0 Å². The van der Waals surface area contributed by atoms with E-state index in [4.69, 9.17) is 35.4 Å². The molecule has 2 rings (SSSR count). The monoisotopic (exact) mass is 277 g/mol. The van der Waals surface area contributed by atoms with Crippen molar-refractivity contribution in [3.8, 4) is 0 Å². The van der Waals surface area contributed by atoms with Crippen molar-refractivity contribution < 1.29 is 0 Å². The summed E-state index contributed by atoms with van der Waals surface area (Å²) >= 11 is 18.0. The van der Waals surface area contributed by atoms with Crippen LogP contribution in [0.25, 0.3) is 0 Å². The van der Waals surface area contributed by atoms with E-state index in [1.165, 1.54) is 11.3 Å². The van der Waals surface area contributed by atoms with E-state index in [0.717, 1.165) is 5.69 Å². The molecule has 15 heavy (non-hydrogen) atoms. The molecule has 0 unspecified atom stereocenters. The largest absolute Gasteiger partial charge is 0.330 e. The van der Waals surface area contributed by atoms with Crippen molar-refractivity contribution in [3.05, 3.63) is 32.2 Å². The Hall–Kier alpha value is -0.620. The summed E-state index contributed by atoms with van der Waals surface area (Å²) in [5, 5.41) is 11.5. The molecule has 0 saturated carbocycles. The summed E-state index contributed by atoms with van der Waals surface area (Å²) < 4.78 is 0.616. The molecule has 0 aliphatic rings. The van der Waals surface area contributed by atoms with E-state index in [1.54, 1.807) is 18.2 Å². The molecule has 7 heteroatoms. The maximum atomic E-state index is 5.85. The van der Waals surface area contributed by atoms with Crippen LogP contribution in [0.15, 0.2) is 18.2 Å². The molecule has 1 heterocycles. The zero-order chi connectivity index (χ0) is 10.8. The quantitative estimate of drug-likeness (QED) is 0.807. The molecule has 0 spiro atoms. The van der Waals surface area contributed by atoms with Gasteiger partial charge in [0, 0.05) is 15.7 Å². The normalized spacial score (nSPS) is 10.3. The Balaban J connectivity index is 2.27. The maximum Gasteiger partial charge on any atom is 0.208 e. The Kier molecular flexibility index (Phi) is 3.25. The molecule has 0 atom stereocenters. The van der Waals surface area contributed by atoms with Gasteiger partial charge in [-0.25, -0.2) is 0 Å². The number of nitrogens with one attached hydrogen (secondary N) is 2. The van der Waals surface area contributed by atoms with E-state index in [9.17, 15) is 0 Å². The van der Waals surface area contributed by atoms with Gasteiger partial charge in [0.15, 0.2) is 3.95 Å². The molecule has 0 aliphatic heterocycles. The zero-order valence-corrected chi connectivity index (χ0v) is 10.4. The molecule has 0 saturated heterocycles. The highest BCUT2D eigenvalue weighted by Gasteiger charge is 2.01. The fraction of sp³-hybridized carbons (Fsp3) is 0. The molecule has 0 bridgehead atoms. The Bertz CT molecular complexity index is 514. The number of hydrogen-bond acceptors (Lipinski definition) is 4. The van der Waals surface area contributed by atoms with Crippen LogP contribution < -0.4 is 5.32 Å². The highest BCUT2D eigenvalue weighted by molar-refractivity contribution is 7.73. The lowest BCUT2D eigenvalue weighted by Gasteiger charge is -2.02. The molecular weight excluding hydrogens is 273 g/mol. The van der Waals surface area contributed by atoms with Gasteiger partial charge in [-0.05, 0) is 30.4 Å². The van der Waals surface area contributed by atoms with Crippen LogP contribution in [0.1, 0.15) is 0 Å². The lowest BCUT2D eigenvalue weighted by atomic mass is 10.3. The first-order valence-electron chi connectivity index (χ1n) is 3.92. The lowest BCUT2D eigenvalue weighted by Crippen LogP contribution is -1.89. The van der Waals surface area contributed by atoms with Crippen molar-refractivity contribution in [3.63, 3.8) is 0 Å². The standard InChI is InChI=1S/C8H5Cl2N3S2/c9-4-1-5(10)3-6(2-4)11-7-12-13-8(14)15-7/h1-3H,(H,11,12)(H,13,14). The Morgan fingerprint density at radius 1 is 1.27 bits per heavy atom. The van der Waals surface area contributed by atoms with Gasteiger partial charge in [-0.2, -0.15) is 0 Å². The molecule has 2 aromatic rings. The van der Waals surface area contributed by atoms with Gasteiger partial charge in [0.25, 0.3) is 0 Å². The van der Waals surface area contributed by atoms with E-state index in [0.29, 0.717) is 19.1 Å². The van der Waals surface area contributed by atoms with E-state index in [2.05, 4.69) is 15.5 Å². The van der Waals surface area contributed by atoms with Crippen molar-refractivity contribution in [2.45, 2.75) is 0 Å². The van der Waals surface area contributed by atoms with Crippen LogP contribution in [-0.2, 0) is 0 Å². The summed E-state index contributed by atoms with van der Waals surface area (Å²) in [5.74, 6) is 0. The minimum Gasteiger partial charge on any atom is -0.330 e. The fourth-order valence-corrected chi connectivity index (χ4v) is 2.37. The Morgan fingerprint density at radius 3 is 2.47 bits per heavy atom. The van der Waals surface area contributed by atoms with Gasteiger partial charge >= 0.3 is 0 Å². The first kappa shape index (κ1) is 10.9. The number of benzene rings is 1. The predicted octanol–water partition coefficient (Wildman–Crippen LogP) is 4.25. The molecule has 3 nitrogen and oxygen atoms in total. The fourth-order valence-electron chi connectivity index (χ4n) is 1.03. The molecule has 0 aliphatic carbocycles. The number of rotatable bonds is 2. The van der Waals surface area contributed by atoms with Gasteiger partial charge in [-0.3, -0.25) is 5.10 Å². The van der Waals surface area contributed by atoms with Gasteiger partial charge in [-0.1, -0.05) is 34.5 Å². The first-order chi connectivity index (χ1) is 7.13. The molecule has 1 aromatic carbocycles. The van der Waals surface area contributed by atoms with Crippen LogP contribution in [0.5, 0.6) is 0 Å². The van der Waals surface area contributed by atoms with Crippen molar-refractivity contribution >= 4 is 57.6 Å². The van der Waals surface area contributed by atoms with Crippen molar-refractivity contribution in [2.24, 2.45) is 0 Å². The third-order valence-electron chi connectivity index (χ3n) is 1.55. The second kappa shape index (κ2) is 4.49. The van der Waals surface area contributed by atoms with Gasteiger partial charge in [-0.15, -0.1) is 5.10 Å². The molecule has 1 aromatic heterocycles. The molecule has 0 fully saturated rings. The smallest absolute Gasteiger partial charge is 0.208 e. The minimum atomic E-state index is 0.573. The summed E-state index contributed by atoms with van der Waals surface area (Å²) in [5.41, 5.74) is 0.783. The van der Waals surface area contributed by atoms with Crippen LogP contribution in [0.3, 0.4) is 0 Å². The number of aromatic amines is 1. The summed E-state index contributed by atoms with van der Waals surface area (Å²) in [6.45, 7) is 0. The molecule has 0 amide bonds. The number of H-pyrrole nitrogens is 1. The number of anilines is 2. The SMILES string of the molecule is S=c1[nH]nc(Nc2cc(Cl)cc(Cl)c2)s1. The summed E-state index contributed by atoms with van der Waals surface area (Å²) in [4.78, 5) is 0. The molecule has 78 valence electrons. The van der Waals surface area contributed by atoms with Gasteiger partial charge in [0.2, 0.25) is 5.13 Å². The minimum absolute atomic E-state index is 0.573.